The number of fused-ring (bicyclic) bond motifs is 1. The highest BCUT2D eigenvalue weighted by Crippen LogP contribution is 2.19. The van der Waals surface area contributed by atoms with Gasteiger partial charge in [-0.2, -0.15) is 5.26 Å². The van der Waals surface area contributed by atoms with Crippen LogP contribution in [-0.4, -0.2) is 9.55 Å². The minimum Gasteiger partial charge on any atom is -0.328 e. The fourth-order valence-electron chi connectivity index (χ4n) is 2.52. The van der Waals surface area contributed by atoms with E-state index in [0.717, 1.165) is 17.6 Å². The van der Waals surface area contributed by atoms with Crippen LogP contribution >= 0.6 is 0 Å². The molecule has 0 bridgehead atoms. The second-order valence-corrected chi connectivity index (χ2v) is 5.04. The molecule has 3 heteroatoms. The fraction of sp³-hybridized carbons (Fsp3) is 0.176. The van der Waals surface area contributed by atoms with E-state index in [1.165, 1.54) is 16.7 Å². The third-order valence-electron chi connectivity index (χ3n) is 3.70. The van der Waals surface area contributed by atoms with Gasteiger partial charge < -0.3 is 4.57 Å². The number of hydrogen-bond donors (Lipinski definition) is 0. The molecule has 3 aromatic rings. The lowest BCUT2D eigenvalue weighted by Crippen LogP contribution is -2.03. The van der Waals surface area contributed by atoms with Crippen LogP contribution in [-0.2, 0) is 6.54 Å². The van der Waals surface area contributed by atoms with Crippen LogP contribution in [0, 0.1) is 25.2 Å². The van der Waals surface area contributed by atoms with Crippen LogP contribution in [0.4, 0.5) is 0 Å². The van der Waals surface area contributed by atoms with Crippen molar-refractivity contribution in [3.8, 4) is 6.07 Å². The molecular weight excluding hydrogens is 246 g/mol. The number of hydrogen-bond acceptors (Lipinski definition) is 2. The molecule has 0 aliphatic rings. The Labute approximate surface area is 118 Å². The first-order valence-corrected chi connectivity index (χ1v) is 6.60. The summed E-state index contributed by atoms with van der Waals surface area (Å²) in [6.07, 6.45) is 2.03. The van der Waals surface area contributed by atoms with Gasteiger partial charge >= 0.3 is 0 Å². The summed E-state index contributed by atoms with van der Waals surface area (Å²) in [7, 11) is 0. The Balaban J connectivity index is 2.09. The van der Waals surface area contributed by atoms with E-state index in [1.807, 2.05) is 18.3 Å². The molecule has 0 aliphatic heterocycles. The van der Waals surface area contributed by atoms with Crippen LogP contribution in [0.1, 0.15) is 22.4 Å². The first-order valence-electron chi connectivity index (χ1n) is 6.60. The smallest absolute Gasteiger partial charge is 0.142 e. The molecule has 2 heterocycles. The molecule has 0 aliphatic carbocycles. The molecule has 0 N–H and O–H groups in total. The number of nitriles is 1. The highest BCUT2D eigenvalue weighted by Gasteiger charge is 2.07. The van der Waals surface area contributed by atoms with Crippen molar-refractivity contribution in [1.29, 1.82) is 5.26 Å². The summed E-state index contributed by atoms with van der Waals surface area (Å²) in [5.74, 6) is 0. The molecule has 0 unspecified atom stereocenters. The number of benzene rings is 1. The lowest BCUT2D eigenvalue weighted by atomic mass is 10.0. The highest BCUT2D eigenvalue weighted by atomic mass is 15.0. The topological polar surface area (TPSA) is 41.6 Å². The third-order valence-corrected chi connectivity index (χ3v) is 3.70. The summed E-state index contributed by atoms with van der Waals surface area (Å²) in [6.45, 7) is 5.04. The first-order chi connectivity index (χ1) is 9.69. The molecule has 2 aromatic heterocycles. The van der Waals surface area contributed by atoms with Gasteiger partial charge in [0.1, 0.15) is 17.4 Å². The van der Waals surface area contributed by atoms with E-state index in [0.29, 0.717) is 5.69 Å². The predicted octanol–water partition coefficient (Wildman–Crippen LogP) is 3.57. The zero-order valence-electron chi connectivity index (χ0n) is 11.6. The molecule has 0 saturated heterocycles. The summed E-state index contributed by atoms with van der Waals surface area (Å²) in [6, 6.07) is 14.2. The van der Waals surface area contributed by atoms with Crippen molar-refractivity contribution in [2.45, 2.75) is 20.4 Å². The van der Waals surface area contributed by atoms with E-state index in [1.54, 1.807) is 6.07 Å². The maximum atomic E-state index is 8.98. The van der Waals surface area contributed by atoms with Crippen molar-refractivity contribution in [3.63, 3.8) is 0 Å². The van der Waals surface area contributed by atoms with Crippen molar-refractivity contribution in [1.82, 2.24) is 9.55 Å². The molecule has 98 valence electrons. The van der Waals surface area contributed by atoms with Gasteiger partial charge in [0.2, 0.25) is 0 Å². The summed E-state index contributed by atoms with van der Waals surface area (Å²) in [4.78, 5) is 4.41. The van der Waals surface area contributed by atoms with Crippen LogP contribution in [0.3, 0.4) is 0 Å². The van der Waals surface area contributed by atoms with Gasteiger partial charge in [-0.25, -0.2) is 4.98 Å². The summed E-state index contributed by atoms with van der Waals surface area (Å²) < 4.78 is 2.10. The number of rotatable bonds is 2. The van der Waals surface area contributed by atoms with Crippen LogP contribution in [0.15, 0.2) is 42.6 Å². The van der Waals surface area contributed by atoms with E-state index in [-0.39, 0.29) is 0 Å². The summed E-state index contributed by atoms with van der Waals surface area (Å²) in [5, 5.41) is 10.0. The van der Waals surface area contributed by atoms with Crippen LogP contribution in [0.25, 0.3) is 11.0 Å². The molecular formula is C17H15N3. The van der Waals surface area contributed by atoms with E-state index in [9.17, 15) is 0 Å². The van der Waals surface area contributed by atoms with Crippen molar-refractivity contribution in [3.05, 3.63) is 65.0 Å². The molecule has 0 radical (unpaired) electrons. The predicted molar refractivity (Wildman–Crippen MR) is 79.5 cm³/mol. The van der Waals surface area contributed by atoms with Gasteiger partial charge in [0.05, 0.1) is 0 Å². The number of nitrogens with zero attached hydrogens (tertiary/aromatic N) is 3. The molecule has 20 heavy (non-hydrogen) atoms. The first kappa shape index (κ1) is 12.4. The minimum absolute atomic E-state index is 0.457. The Hall–Kier alpha value is -2.60. The molecule has 0 saturated carbocycles. The van der Waals surface area contributed by atoms with E-state index in [4.69, 9.17) is 5.26 Å². The molecule has 1 aromatic carbocycles. The lowest BCUT2D eigenvalue weighted by molar-refractivity contribution is 0.812. The maximum absolute atomic E-state index is 8.98. The zero-order chi connectivity index (χ0) is 14.1. The Morgan fingerprint density at radius 2 is 1.85 bits per heavy atom. The average Bonchev–Trinajstić information content (AvgIpc) is 2.85. The molecule has 0 amide bonds. The summed E-state index contributed by atoms with van der Waals surface area (Å²) in [5.41, 5.74) is 5.20. The van der Waals surface area contributed by atoms with Gasteiger partial charge in [-0.15, -0.1) is 0 Å². The van der Waals surface area contributed by atoms with Crippen LogP contribution in [0.2, 0.25) is 0 Å². The maximum Gasteiger partial charge on any atom is 0.142 e. The van der Waals surface area contributed by atoms with Crippen molar-refractivity contribution in [2.24, 2.45) is 0 Å². The molecule has 0 fully saturated rings. The van der Waals surface area contributed by atoms with E-state index >= 15 is 0 Å². The van der Waals surface area contributed by atoms with Gasteiger partial charge in [0, 0.05) is 18.1 Å². The monoisotopic (exact) mass is 261 g/mol. The largest absolute Gasteiger partial charge is 0.328 e. The Morgan fingerprint density at radius 3 is 2.55 bits per heavy atom. The van der Waals surface area contributed by atoms with Gasteiger partial charge in [-0.05, 0) is 48.7 Å². The van der Waals surface area contributed by atoms with Crippen LogP contribution < -0.4 is 0 Å². The second-order valence-electron chi connectivity index (χ2n) is 5.04. The highest BCUT2D eigenvalue weighted by molar-refractivity contribution is 5.76. The van der Waals surface area contributed by atoms with Gasteiger partial charge in [0.25, 0.3) is 0 Å². The van der Waals surface area contributed by atoms with Gasteiger partial charge in [0.15, 0.2) is 0 Å². The third kappa shape index (κ3) is 2.06. The minimum atomic E-state index is 0.457. The van der Waals surface area contributed by atoms with Crippen molar-refractivity contribution < 1.29 is 0 Å². The zero-order valence-corrected chi connectivity index (χ0v) is 11.6. The van der Waals surface area contributed by atoms with E-state index in [2.05, 4.69) is 47.7 Å². The van der Waals surface area contributed by atoms with Gasteiger partial charge in [-0.3, -0.25) is 0 Å². The number of aryl methyl sites for hydroxylation is 2. The van der Waals surface area contributed by atoms with Gasteiger partial charge in [-0.1, -0.05) is 18.2 Å². The fourth-order valence-corrected chi connectivity index (χ4v) is 2.52. The molecule has 0 spiro atoms. The molecule has 3 nitrogen and oxygen atoms in total. The van der Waals surface area contributed by atoms with Crippen LogP contribution in [0.5, 0.6) is 0 Å². The Bertz CT molecular complexity index is 802. The Morgan fingerprint density at radius 1 is 1.10 bits per heavy atom. The second kappa shape index (κ2) is 4.82. The SMILES string of the molecule is Cc1cccc(C)c1Cn1ccc2ccc(C#N)nc21. The van der Waals surface area contributed by atoms with E-state index < -0.39 is 0 Å². The molecule has 3 rings (SSSR count). The molecule has 0 atom stereocenters. The lowest BCUT2D eigenvalue weighted by Gasteiger charge is -2.11. The van der Waals surface area contributed by atoms with Crippen molar-refractivity contribution in [2.75, 3.05) is 0 Å². The standard InChI is InChI=1S/C17H15N3/c1-12-4-3-5-13(2)16(12)11-20-9-8-14-6-7-15(10-18)19-17(14)20/h3-9H,11H2,1-2H3. The van der Waals surface area contributed by atoms with Crippen molar-refractivity contribution >= 4 is 11.0 Å². The average molecular weight is 261 g/mol. The normalized spacial score (nSPS) is 10.7. The summed E-state index contributed by atoms with van der Waals surface area (Å²) >= 11 is 0. The number of aromatic nitrogens is 2. The Kier molecular flexibility index (Phi) is 3.00. The number of pyridine rings is 1. The quantitative estimate of drug-likeness (QED) is 0.707.